The van der Waals surface area contributed by atoms with Gasteiger partial charge < -0.3 is 9.47 Å². The van der Waals surface area contributed by atoms with Crippen molar-refractivity contribution in [2.24, 2.45) is 0 Å². The highest BCUT2D eigenvalue weighted by Crippen LogP contribution is 2.36. The minimum atomic E-state index is 0.985. The zero-order valence-corrected chi connectivity index (χ0v) is 11.0. The van der Waals surface area contributed by atoms with E-state index in [2.05, 4.69) is 60.0 Å². The van der Waals surface area contributed by atoms with E-state index in [1.54, 1.807) is 0 Å². The summed E-state index contributed by atoms with van der Waals surface area (Å²) in [6, 6.07) is 13.2. The van der Waals surface area contributed by atoms with E-state index < -0.39 is 0 Å². The average molecular weight is 244 g/mol. The monoisotopic (exact) mass is 244 g/mol. The predicted octanol–water partition coefficient (Wildman–Crippen LogP) is 3.14. The van der Waals surface area contributed by atoms with Crippen LogP contribution < -0.4 is 0 Å². The van der Waals surface area contributed by atoms with Crippen LogP contribution in [0.4, 0.5) is 0 Å². The van der Waals surface area contributed by atoms with Crippen molar-refractivity contribution in [3.05, 3.63) is 47.8 Å². The number of benzene rings is 1. The van der Waals surface area contributed by atoms with Crippen LogP contribution in [0.1, 0.15) is 11.4 Å². The third-order valence-electron chi connectivity index (χ3n) is 3.00. The Bertz CT molecular complexity index is 543. The van der Waals surface area contributed by atoms with Crippen molar-refractivity contribution in [3.8, 4) is 5.69 Å². The molecule has 0 spiro atoms. The van der Waals surface area contributed by atoms with Gasteiger partial charge in [-0.3, -0.25) is 0 Å². The van der Waals surface area contributed by atoms with Gasteiger partial charge in [0.15, 0.2) is 0 Å². The fourth-order valence-electron chi connectivity index (χ4n) is 2.31. The Morgan fingerprint density at radius 1 is 1.18 bits per heavy atom. The van der Waals surface area contributed by atoms with Gasteiger partial charge in [0.1, 0.15) is 0 Å². The van der Waals surface area contributed by atoms with Gasteiger partial charge in [0.25, 0.3) is 0 Å². The van der Waals surface area contributed by atoms with Gasteiger partial charge in [-0.2, -0.15) is 0 Å². The number of fused-ring (bicyclic) bond motifs is 3. The van der Waals surface area contributed by atoms with Crippen molar-refractivity contribution in [2.75, 3.05) is 14.1 Å². The molecule has 0 unspecified atom stereocenters. The summed E-state index contributed by atoms with van der Waals surface area (Å²) in [4.78, 5) is 3.60. The standard InChI is InChI=1S/C14H16N2S/c1-15(2)9-11-7-8-12-10-17-14-6-4-3-5-13(14)16(11)12/h3-8H,9-10H2,1-2H3. The number of aromatic nitrogens is 1. The zero-order valence-electron chi connectivity index (χ0n) is 10.2. The highest BCUT2D eigenvalue weighted by Gasteiger charge is 2.18. The Balaban J connectivity index is 2.12. The largest absolute Gasteiger partial charge is 0.315 e. The maximum atomic E-state index is 2.41. The normalized spacial score (nSPS) is 13.6. The molecule has 0 atom stereocenters. The van der Waals surface area contributed by atoms with Crippen LogP contribution in [-0.2, 0) is 12.3 Å². The topological polar surface area (TPSA) is 8.17 Å². The van der Waals surface area contributed by atoms with E-state index in [1.165, 1.54) is 22.0 Å². The molecule has 2 aromatic rings. The summed E-state index contributed by atoms with van der Waals surface area (Å²) in [5.74, 6) is 1.07. The second-order valence-electron chi connectivity index (χ2n) is 4.65. The molecule has 3 heteroatoms. The van der Waals surface area contributed by atoms with Crippen LogP contribution in [-0.4, -0.2) is 23.6 Å². The summed E-state index contributed by atoms with van der Waals surface area (Å²) in [5, 5.41) is 0. The predicted molar refractivity (Wildman–Crippen MR) is 72.7 cm³/mol. The summed E-state index contributed by atoms with van der Waals surface area (Å²) >= 11 is 1.93. The van der Waals surface area contributed by atoms with Crippen LogP contribution in [0.15, 0.2) is 41.3 Å². The number of rotatable bonds is 2. The summed E-state index contributed by atoms with van der Waals surface area (Å²) in [6.07, 6.45) is 0. The molecule has 0 N–H and O–H groups in total. The Hall–Kier alpha value is -1.19. The molecule has 2 nitrogen and oxygen atoms in total. The van der Waals surface area contributed by atoms with Crippen LogP contribution in [0.2, 0.25) is 0 Å². The molecule has 17 heavy (non-hydrogen) atoms. The molecule has 0 aliphatic carbocycles. The van der Waals surface area contributed by atoms with E-state index in [9.17, 15) is 0 Å². The molecule has 3 rings (SSSR count). The molecular formula is C14H16N2S. The van der Waals surface area contributed by atoms with E-state index in [0.717, 1.165) is 12.3 Å². The molecule has 1 aliphatic heterocycles. The summed E-state index contributed by atoms with van der Waals surface area (Å²) in [7, 11) is 4.23. The van der Waals surface area contributed by atoms with Gasteiger partial charge in [-0.15, -0.1) is 11.8 Å². The minimum absolute atomic E-state index is 0.985. The lowest BCUT2D eigenvalue weighted by Crippen LogP contribution is -2.16. The maximum absolute atomic E-state index is 2.41. The molecule has 88 valence electrons. The average Bonchev–Trinajstić information content (AvgIpc) is 2.72. The fraction of sp³-hybridized carbons (Fsp3) is 0.286. The van der Waals surface area contributed by atoms with E-state index in [0.29, 0.717) is 0 Å². The van der Waals surface area contributed by atoms with E-state index in [1.807, 2.05) is 11.8 Å². The highest BCUT2D eigenvalue weighted by molar-refractivity contribution is 7.98. The Morgan fingerprint density at radius 2 is 2.00 bits per heavy atom. The van der Waals surface area contributed by atoms with Crippen molar-refractivity contribution >= 4 is 11.8 Å². The van der Waals surface area contributed by atoms with Crippen LogP contribution in [0.25, 0.3) is 5.69 Å². The summed E-state index contributed by atoms with van der Waals surface area (Å²) in [6.45, 7) is 0.985. The van der Waals surface area contributed by atoms with Gasteiger partial charge >= 0.3 is 0 Å². The zero-order chi connectivity index (χ0) is 11.8. The van der Waals surface area contributed by atoms with Crippen molar-refractivity contribution < 1.29 is 0 Å². The lowest BCUT2D eigenvalue weighted by Gasteiger charge is -2.22. The molecule has 1 aromatic carbocycles. The van der Waals surface area contributed by atoms with E-state index >= 15 is 0 Å². The number of para-hydroxylation sites is 1. The molecule has 0 radical (unpaired) electrons. The van der Waals surface area contributed by atoms with Crippen molar-refractivity contribution in [1.82, 2.24) is 9.47 Å². The van der Waals surface area contributed by atoms with Gasteiger partial charge in [-0.25, -0.2) is 0 Å². The molecule has 2 heterocycles. The number of hydrogen-bond donors (Lipinski definition) is 0. The number of thioether (sulfide) groups is 1. The van der Waals surface area contributed by atoms with Crippen LogP contribution in [0.3, 0.4) is 0 Å². The van der Waals surface area contributed by atoms with E-state index in [4.69, 9.17) is 0 Å². The molecule has 0 saturated heterocycles. The SMILES string of the molecule is CN(C)Cc1ccc2n1-c1ccccc1SC2. The smallest absolute Gasteiger partial charge is 0.0592 e. The molecule has 0 fully saturated rings. The third kappa shape index (κ3) is 1.90. The molecule has 0 saturated carbocycles. The second kappa shape index (κ2) is 4.24. The molecule has 0 amide bonds. The van der Waals surface area contributed by atoms with Gasteiger partial charge in [-0.1, -0.05) is 12.1 Å². The van der Waals surface area contributed by atoms with E-state index in [-0.39, 0.29) is 0 Å². The quantitative estimate of drug-likeness (QED) is 0.802. The van der Waals surface area contributed by atoms with Gasteiger partial charge in [0.05, 0.1) is 5.69 Å². The van der Waals surface area contributed by atoms with Gasteiger partial charge in [-0.05, 0) is 38.4 Å². The van der Waals surface area contributed by atoms with Gasteiger partial charge in [0.2, 0.25) is 0 Å². The lowest BCUT2D eigenvalue weighted by atomic mass is 10.3. The molecule has 0 bridgehead atoms. The second-order valence-corrected chi connectivity index (χ2v) is 5.66. The van der Waals surface area contributed by atoms with Crippen LogP contribution in [0.5, 0.6) is 0 Å². The minimum Gasteiger partial charge on any atom is -0.315 e. The Labute approximate surface area is 106 Å². The first-order valence-electron chi connectivity index (χ1n) is 5.82. The van der Waals surface area contributed by atoms with Crippen LogP contribution in [0, 0.1) is 0 Å². The third-order valence-corrected chi connectivity index (χ3v) is 4.10. The lowest BCUT2D eigenvalue weighted by molar-refractivity contribution is 0.393. The summed E-state index contributed by atoms with van der Waals surface area (Å²) in [5.41, 5.74) is 4.11. The molecular weight excluding hydrogens is 228 g/mol. The Morgan fingerprint density at radius 3 is 2.82 bits per heavy atom. The number of hydrogen-bond acceptors (Lipinski definition) is 2. The summed E-state index contributed by atoms with van der Waals surface area (Å²) < 4.78 is 2.41. The van der Waals surface area contributed by atoms with Crippen LogP contribution >= 0.6 is 11.8 Å². The first-order valence-corrected chi connectivity index (χ1v) is 6.81. The number of nitrogens with zero attached hydrogens (tertiary/aromatic N) is 2. The van der Waals surface area contributed by atoms with Crippen molar-refractivity contribution in [1.29, 1.82) is 0 Å². The highest BCUT2D eigenvalue weighted by atomic mass is 32.2. The first kappa shape index (κ1) is 10.9. The van der Waals surface area contributed by atoms with Crippen molar-refractivity contribution in [2.45, 2.75) is 17.2 Å². The maximum Gasteiger partial charge on any atom is 0.0592 e. The Kier molecular flexibility index (Phi) is 2.73. The fourth-order valence-corrected chi connectivity index (χ4v) is 3.32. The molecule has 1 aromatic heterocycles. The van der Waals surface area contributed by atoms with Crippen molar-refractivity contribution in [3.63, 3.8) is 0 Å². The van der Waals surface area contributed by atoms with Gasteiger partial charge in [0, 0.05) is 28.6 Å². The first-order chi connectivity index (χ1) is 8.25. The molecule has 1 aliphatic rings.